The van der Waals surface area contributed by atoms with Crippen molar-refractivity contribution in [1.82, 2.24) is 10.2 Å². The molecule has 0 atom stereocenters. The average molecular weight is 252 g/mol. The van der Waals surface area contributed by atoms with Crippen LogP contribution in [0.5, 0.6) is 0 Å². The van der Waals surface area contributed by atoms with E-state index in [9.17, 15) is 13.2 Å². The molecule has 1 N–H and O–H groups in total. The fourth-order valence-corrected chi connectivity index (χ4v) is 1.34. The SMILES string of the molecule is C=C(CNC(C)C)CN(CC(F)(F)F)C(C)C. The third-order valence-electron chi connectivity index (χ3n) is 2.30. The lowest BCUT2D eigenvalue weighted by molar-refractivity contribution is -0.148. The summed E-state index contributed by atoms with van der Waals surface area (Å²) in [6.45, 7) is 11.2. The number of hydrogen-bond donors (Lipinski definition) is 1. The average Bonchev–Trinajstić information content (AvgIpc) is 2.11. The molecule has 0 fully saturated rings. The van der Waals surface area contributed by atoms with Crippen molar-refractivity contribution < 1.29 is 13.2 Å². The molecule has 0 heterocycles. The third-order valence-corrected chi connectivity index (χ3v) is 2.30. The zero-order valence-electron chi connectivity index (χ0n) is 11.1. The van der Waals surface area contributed by atoms with Crippen molar-refractivity contribution in [3.63, 3.8) is 0 Å². The summed E-state index contributed by atoms with van der Waals surface area (Å²) in [6, 6.07) is 0.161. The number of rotatable bonds is 7. The lowest BCUT2D eigenvalue weighted by Crippen LogP contribution is -2.41. The van der Waals surface area contributed by atoms with Crippen LogP contribution in [0.3, 0.4) is 0 Å². The van der Waals surface area contributed by atoms with Gasteiger partial charge in [0.05, 0.1) is 6.54 Å². The summed E-state index contributed by atoms with van der Waals surface area (Å²) in [7, 11) is 0. The predicted molar refractivity (Wildman–Crippen MR) is 65.0 cm³/mol. The van der Waals surface area contributed by atoms with E-state index < -0.39 is 12.7 Å². The summed E-state index contributed by atoms with van der Waals surface area (Å²) in [5.74, 6) is 0. The van der Waals surface area contributed by atoms with Crippen molar-refractivity contribution in [1.29, 1.82) is 0 Å². The van der Waals surface area contributed by atoms with E-state index in [0.29, 0.717) is 12.6 Å². The lowest BCUT2D eigenvalue weighted by Gasteiger charge is -2.28. The fraction of sp³-hybridized carbons (Fsp3) is 0.833. The molecule has 0 bridgehead atoms. The largest absolute Gasteiger partial charge is 0.401 e. The van der Waals surface area contributed by atoms with E-state index in [1.54, 1.807) is 13.8 Å². The van der Waals surface area contributed by atoms with Crippen LogP contribution in [0.1, 0.15) is 27.7 Å². The molecule has 0 aliphatic rings. The van der Waals surface area contributed by atoms with Gasteiger partial charge in [0.15, 0.2) is 0 Å². The maximum Gasteiger partial charge on any atom is 0.401 e. The van der Waals surface area contributed by atoms with E-state index in [1.807, 2.05) is 13.8 Å². The minimum atomic E-state index is -4.16. The molecular weight excluding hydrogens is 229 g/mol. The summed E-state index contributed by atoms with van der Waals surface area (Å²) in [6.07, 6.45) is -4.16. The molecule has 0 aromatic heterocycles. The van der Waals surface area contributed by atoms with Crippen LogP contribution in [-0.2, 0) is 0 Å². The Hall–Kier alpha value is -0.550. The van der Waals surface area contributed by atoms with Gasteiger partial charge >= 0.3 is 6.18 Å². The quantitative estimate of drug-likeness (QED) is 0.701. The number of alkyl halides is 3. The van der Waals surface area contributed by atoms with E-state index >= 15 is 0 Å². The lowest BCUT2D eigenvalue weighted by atomic mass is 10.2. The number of hydrogen-bond acceptors (Lipinski definition) is 2. The first-order chi connectivity index (χ1) is 7.61. The number of nitrogens with one attached hydrogen (secondary N) is 1. The highest BCUT2D eigenvalue weighted by Gasteiger charge is 2.31. The Bertz CT molecular complexity index is 234. The molecule has 0 amide bonds. The highest BCUT2D eigenvalue weighted by molar-refractivity contribution is 5.00. The second-order valence-corrected chi connectivity index (χ2v) is 4.90. The van der Waals surface area contributed by atoms with Crippen LogP contribution in [-0.4, -0.2) is 42.8 Å². The molecule has 5 heteroatoms. The van der Waals surface area contributed by atoms with Gasteiger partial charge in [-0.05, 0) is 19.4 Å². The van der Waals surface area contributed by atoms with Gasteiger partial charge in [0.2, 0.25) is 0 Å². The predicted octanol–water partition coefficient (Wildman–Crippen LogP) is 2.81. The van der Waals surface area contributed by atoms with Gasteiger partial charge in [-0.15, -0.1) is 0 Å². The standard InChI is InChI=1S/C12H23F3N2/c1-9(2)16-6-11(5)7-17(10(3)4)8-12(13,14)15/h9-10,16H,5-8H2,1-4H3. The molecule has 0 saturated carbocycles. The minimum absolute atomic E-state index is 0.146. The Morgan fingerprint density at radius 3 is 2.12 bits per heavy atom. The Kier molecular flexibility index (Phi) is 6.78. The normalized spacial score (nSPS) is 12.8. The zero-order chi connectivity index (χ0) is 13.6. The van der Waals surface area contributed by atoms with Crippen molar-refractivity contribution in [3.8, 4) is 0 Å². The van der Waals surface area contributed by atoms with Crippen molar-refractivity contribution in [2.75, 3.05) is 19.6 Å². The van der Waals surface area contributed by atoms with Crippen LogP contribution in [0.25, 0.3) is 0 Å². The van der Waals surface area contributed by atoms with Crippen molar-refractivity contribution in [2.24, 2.45) is 0 Å². The van der Waals surface area contributed by atoms with Crippen LogP contribution in [0.4, 0.5) is 13.2 Å². The first-order valence-corrected chi connectivity index (χ1v) is 5.82. The topological polar surface area (TPSA) is 15.3 Å². The zero-order valence-corrected chi connectivity index (χ0v) is 11.1. The third kappa shape index (κ3) is 9.18. The van der Waals surface area contributed by atoms with Gasteiger partial charge < -0.3 is 5.32 Å². The molecule has 0 radical (unpaired) electrons. The van der Waals surface area contributed by atoms with Gasteiger partial charge in [-0.3, -0.25) is 4.90 Å². The molecule has 0 aromatic rings. The fourth-order valence-electron chi connectivity index (χ4n) is 1.34. The van der Waals surface area contributed by atoms with Gasteiger partial charge in [0.25, 0.3) is 0 Å². The van der Waals surface area contributed by atoms with Crippen LogP contribution < -0.4 is 5.32 Å². The van der Waals surface area contributed by atoms with Gasteiger partial charge in [-0.2, -0.15) is 13.2 Å². The monoisotopic (exact) mass is 252 g/mol. The smallest absolute Gasteiger partial charge is 0.311 e. The van der Waals surface area contributed by atoms with E-state index in [4.69, 9.17) is 0 Å². The number of halogens is 3. The summed E-state index contributed by atoms with van der Waals surface area (Å²) in [5.41, 5.74) is 0.775. The second-order valence-electron chi connectivity index (χ2n) is 4.90. The molecule has 2 nitrogen and oxygen atoms in total. The first kappa shape index (κ1) is 16.4. The van der Waals surface area contributed by atoms with Crippen LogP contribution in [0, 0.1) is 0 Å². The van der Waals surface area contributed by atoms with Crippen LogP contribution >= 0.6 is 0 Å². The van der Waals surface area contributed by atoms with Gasteiger partial charge in [0, 0.05) is 25.2 Å². The maximum atomic E-state index is 12.3. The summed E-state index contributed by atoms with van der Waals surface area (Å²) in [5, 5.41) is 3.14. The molecule has 0 aromatic carbocycles. The van der Waals surface area contributed by atoms with Crippen molar-refractivity contribution >= 4 is 0 Å². The first-order valence-electron chi connectivity index (χ1n) is 5.82. The highest BCUT2D eigenvalue weighted by Crippen LogP contribution is 2.18. The second kappa shape index (κ2) is 7.01. The van der Waals surface area contributed by atoms with Gasteiger partial charge in [0.1, 0.15) is 0 Å². The van der Waals surface area contributed by atoms with Crippen molar-refractivity contribution in [2.45, 2.75) is 46.0 Å². The summed E-state index contributed by atoms with van der Waals surface area (Å²) < 4.78 is 37.0. The molecule has 0 rings (SSSR count). The molecule has 0 unspecified atom stereocenters. The molecule has 0 saturated heterocycles. The van der Waals surface area contributed by atoms with Crippen LogP contribution in [0.15, 0.2) is 12.2 Å². The van der Waals surface area contributed by atoms with Crippen LogP contribution in [0.2, 0.25) is 0 Å². The van der Waals surface area contributed by atoms with E-state index in [-0.39, 0.29) is 12.6 Å². The summed E-state index contributed by atoms with van der Waals surface area (Å²) in [4.78, 5) is 1.38. The Balaban J connectivity index is 4.21. The molecule has 102 valence electrons. The van der Waals surface area contributed by atoms with Crippen molar-refractivity contribution in [3.05, 3.63) is 12.2 Å². The van der Waals surface area contributed by atoms with Gasteiger partial charge in [-0.25, -0.2) is 0 Å². The Morgan fingerprint density at radius 2 is 1.76 bits per heavy atom. The molecule has 0 aliphatic heterocycles. The molecule has 0 spiro atoms. The number of nitrogens with zero attached hydrogens (tertiary/aromatic N) is 1. The minimum Gasteiger partial charge on any atom is -0.311 e. The molecule has 17 heavy (non-hydrogen) atoms. The Labute approximate surface area is 102 Å². The maximum absolute atomic E-state index is 12.3. The Morgan fingerprint density at radius 1 is 1.24 bits per heavy atom. The van der Waals surface area contributed by atoms with E-state index in [0.717, 1.165) is 5.57 Å². The van der Waals surface area contributed by atoms with Gasteiger partial charge in [-0.1, -0.05) is 20.4 Å². The summed E-state index contributed by atoms with van der Waals surface area (Å²) >= 11 is 0. The highest BCUT2D eigenvalue weighted by atomic mass is 19.4. The van der Waals surface area contributed by atoms with E-state index in [1.165, 1.54) is 4.90 Å². The molecular formula is C12H23F3N2. The van der Waals surface area contributed by atoms with E-state index in [2.05, 4.69) is 11.9 Å². The molecule has 0 aliphatic carbocycles.